The van der Waals surface area contributed by atoms with Crippen LogP contribution in [0.4, 0.5) is 11.4 Å². The van der Waals surface area contributed by atoms with Gasteiger partial charge in [0.05, 0.1) is 6.21 Å². The Bertz CT molecular complexity index is 708. The van der Waals surface area contributed by atoms with Crippen molar-refractivity contribution in [3.63, 3.8) is 0 Å². The first-order valence-corrected chi connectivity index (χ1v) is 7.89. The van der Waals surface area contributed by atoms with Gasteiger partial charge in [0, 0.05) is 25.5 Å². The second-order valence-electron chi connectivity index (χ2n) is 5.96. The quantitative estimate of drug-likeness (QED) is 0.634. The van der Waals surface area contributed by atoms with Gasteiger partial charge >= 0.3 is 0 Å². The number of aryl methyl sites for hydroxylation is 1. The van der Waals surface area contributed by atoms with E-state index in [1.54, 1.807) is 13.1 Å². The maximum absolute atomic E-state index is 12.1. The van der Waals surface area contributed by atoms with Crippen LogP contribution in [0.5, 0.6) is 0 Å². The highest BCUT2D eigenvalue weighted by Crippen LogP contribution is 2.11. The molecule has 0 aliphatic carbocycles. The number of hydrazone groups is 1. The van der Waals surface area contributed by atoms with Crippen LogP contribution >= 0.6 is 0 Å². The number of hydrogen-bond donors (Lipinski definition) is 2. The van der Waals surface area contributed by atoms with E-state index in [4.69, 9.17) is 0 Å². The fourth-order valence-electron chi connectivity index (χ4n) is 2.18. The summed E-state index contributed by atoms with van der Waals surface area (Å²) in [7, 11) is 3.98. The number of carbonyl (C=O) groups excluding carboxylic acids is 1. The van der Waals surface area contributed by atoms with Crippen LogP contribution in [0.25, 0.3) is 0 Å². The molecule has 0 heterocycles. The van der Waals surface area contributed by atoms with Crippen molar-refractivity contribution in [3.8, 4) is 0 Å². The van der Waals surface area contributed by atoms with Crippen molar-refractivity contribution in [2.75, 3.05) is 24.3 Å². The normalized spacial score (nSPS) is 12.0. The predicted molar refractivity (Wildman–Crippen MR) is 101 cm³/mol. The number of hydrogen-bond acceptors (Lipinski definition) is 4. The maximum Gasteiger partial charge on any atom is 0.262 e. The molecule has 0 fully saturated rings. The number of rotatable bonds is 6. The summed E-state index contributed by atoms with van der Waals surface area (Å²) < 4.78 is 0. The van der Waals surface area contributed by atoms with E-state index in [1.165, 1.54) is 0 Å². The third-order valence-corrected chi connectivity index (χ3v) is 3.59. The number of amides is 1. The Hall–Kier alpha value is -2.82. The molecule has 0 saturated carbocycles. The monoisotopic (exact) mass is 324 g/mol. The van der Waals surface area contributed by atoms with Gasteiger partial charge in [0.25, 0.3) is 5.91 Å². The highest BCUT2D eigenvalue weighted by molar-refractivity contribution is 5.86. The molecule has 0 aliphatic heterocycles. The molecule has 0 saturated heterocycles. The minimum Gasteiger partial charge on any atom is -0.378 e. The van der Waals surface area contributed by atoms with Crippen LogP contribution in [0.2, 0.25) is 0 Å². The van der Waals surface area contributed by atoms with Crippen molar-refractivity contribution in [1.82, 2.24) is 5.43 Å². The molecule has 1 atom stereocenters. The fraction of sp³-hybridized carbons (Fsp3) is 0.263. The molecule has 0 spiro atoms. The third kappa shape index (κ3) is 5.12. The lowest BCUT2D eigenvalue weighted by atomic mass is 10.2. The molecule has 0 aliphatic rings. The summed E-state index contributed by atoms with van der Waals surface area (Å²) >= 11 is 0. The van der Waals surface area contributed by atoms with E-state index in [1.807, 2.05) is 74.4 Å². The largest absolute Gasteiger partial charge is 0.378 e. The molecule has 0 aromatic heterocycles. The average molecular weight is 324 g/mol. The Morgan fingerprint density at radius 2 is 1.88 bits per heavy atom. The Morgan fingerprint density at radius 3 is 2.50 bits per heavy atom. The van der Waals surface area contributed by atoms with E-state index in [-0.39, 0.29) is 11.9 Å². The van der Waals surface area contributed by atoms with Crippen molar-refractivity contribution in [2.24, 2.45) is 5.10 Å². The van der Waals surface area contributed by atoms with E-state index in [0.29, 0.717) is 0 Å². The predicted octanol–water partition coefficient (Wildman–Crippen LogP) is 3.01. The molecule has 2 aromatic rings. The van der Waals surface area contributed by atoms with Gasteiger partial charge in [0.15, 0.2) is 0 Å². The zero-order valence-electron chi connectivity index (χ0n) is 14.6. The van der Waals surface area contributed by atoms with Crippen LogP contribution in [0.15, 0.2) is 53.6 Å². The van der Waals surface area contributed by atoms with Crippen molar-refractivity contribution in [3.05, 3.63) is 59.7 Å². The van der Waals surface area contributed by atoms with Crippen molar-refractivity contribution < 1.29 is 4.79 Å². The van der Waals surface area contributed by atoms with Gasteiger partial charge in [-0.15, -0.1) is 0 Å². The molecule has 126 valence electrons. The smallest absolute Gasteiger partial charge is 0.262 e. The number of nitrogens with one attached hydrogen (secondary N) is 2. The van der Waals surface area contributed by atoms with Gasteiger partial charge in [-0.25, -0.2) is 5.43 Å². The fourth-order valence-corrected chi connectivity index (χ4v) is 2.18. The summed E-state index contributed by atoms with van der Waals surface area (Å²) in [6, 6.07) is 15.5. The van der Waals surface area contributed by atoms with Gasteiger partial charge in [0.1, 0.15) is 6.04 Å². The SMILES string of the molecule is Cc1cccc(NC(C)C(=O)N/N=C/c2ccc(N(C)C)cc2)c1. The molecule has 1 unspecified atom stereocenters. The maximum atomic E-state index is 12.1. The van der Waals surface area contributed by atoms with E-state index in [2.05, 4.69) is 15.8 Å². The molecular formula is C19H24N4O. The number of benzene rings is 2. The van der Waals surface area contributed by atoms with Crippen molar-refractivity contribution in [1.29, 1.82) is 0 Å². The molecule has 24 heavy (non-hydrogen) atoms. The first kappa shape index (κ1) is 17.5. The van der Waals surface area contributed by atoms with Crippen molar-refractivity contribution in [2.45, 2.75) is 19.9 Å². The highest BCUT2D eigenvalue weighted by atomic mass is 16.2. The van der Waals surface area contributed by atoms with Crippen LogP contribution in [0.3, 0.4) is 0 Å². The standard InChI is InChI=1S/C19H24N4O/c1-14-6-5-7-17(12-14)21-15(2)19(24)22-20-13-16-8-10-18(11-9-16)23(3)4/h5-13,15,21H,1-4H3,(H,22,24)/b20-13+. The van der Waals surface area contributed by atoms with Crippen LogP contribution < -0.4 is 15.6 Å². The molecule has 5 nitrogen and oxygen atoms in total. The van der Waals surface area contributed by atoms with Gasteiger partial charge in [-0.2, -0.15) is 5.10 Å². The Morgan fingerprint density at radius 1 is 1.17 bits per heavy atom. The minimum absolute atomic E-state index is 0.183. The van der Waals surface area contributed by atoms with Crippen LogP contribution in [0.1, 0.15) is 18.1 Å². The zero-order chi connectivity index (χ0) is 17.5. The molecule has 1 amide bonds. The molecule has 0 bridgehead atoms. The van der Waals surface area contributed by atoms with Gasteiger partial charge < -0.3 is 10.2 Å². The highest BCUT2D eigenvalue weighted by Gasteiger charge is 2.11. The first-order valence-electron chi connectivity index (χ1n) is 7.89. The minimum atomic E-state index is -0.375. The average Bonchev–Trinajstić information content (AvgIpc) is 2.55. The van der Waals surface area contributed by atoms with Gasteiger partial charge in [-0.3, -0.25) is 4.79 Å². The van der Waals surface area contributed by atoms with Crippen molar-refractivity contribution >= 4 is 23.5 Å². The lowest BCUT2D eigenvalue weighted by molar-refractivity contribution is -0.121. The molecular weight excluding hydrogens is 300 g/mol. The number of nitrogens with zero attached hydrogens (tertiary/aromatic N) is 2. The summed E-state index contributed by atoms with van der Waals surface area (Å²) in [5.41, 5.74) is 6.67. The zero-order valence-corrected chi connectivity index (χ0v) is 14.6. The Kier molecular flexibility index (Phi) is 5.95. The molecule has 5 heteroatoms. The van der Waals surface area contributed by atoms with E-state index in [9.17, 15) is 4.79 Å². The lowest BCUT2D eigenvalue weighted by Gasteiger charge is -2.14. The molecule has 2 N–H and O–H groups in total. The third-order valence-electron chi connectivity index (χ3n) is 3.59. The summed E-state index contributed by atoms with van der Waals surface area (Å²) in [6.07, 6.45) is 1.64. The summed E-state index contributed by atoms with van der Waals surface area (Å²) in [6.45, 7) is 3.82. The number of anilines is 2. The van der Waals surface area contributed by atoms with Crippen LogP contribution in [0, 0.1) is 6.92 Å². The summed E-state index contributed by atoms with van der Waals surface area (Å²) in [4.78, 5) is 14.1. The molecule has 2 rings (SSSR count). The second-order valence-corrected chi connectivity index (χ2v) is 5.96. The number of carbonyl (C=O) groups is 1. The van der Waals surface area contributed by atoms with Gasteiger partial charge in [-0.1, -0.05) is 24.3 Å². The van der Waals surface area contributed by atoms with Gasteiger partial charge in [-0.05, 0) is 49.2 Å². The topological polar surface area (TPSA) is 56.7 Å². The molecule has 0 radical (unpaired) electrons. The van der Waals surface area contributed by atoms with Gasteiger partial charge in [0.2, 0.25) is 0 Å². The van der Waals surface area contributed by atoms with Crippen LogP contribution in [-0.4, -0.2) is 32.3 Å². The van der Waals surface area contributed by atoms with E-state index >= 15 is 0 Å². The Balaban J connectivity index is 1.87. The van der Waals surface area contributed by atoms with E-state index < -0.39 is 0 Å². The lowest BCUT2D eigenvalue weighted by Crippen LogP contribution is -2.34. The Labute approximate surface area is 143 Å². The first-order chi connectivity index (χ1) is 11.5. The summed E-state index contributed by atoms with van der Waals surface area (Å²) in [5, 5.41) is 7.18. The van der Waals surface area contributed by atoms with Crippen LogP contribution in [-0.2, 0) is 4.79 Å². The second kappa shape index (κ2) is 8.15. The summed E-state index contributed by atoms with van der Waals surface area (Å²) in [5.74, 6) is -0.183. The molecule has 2 aromatic carbocycles. The van der Waals surface area contributed by atoms with E-state index in [0.717, 1.165) is 22.5 Å².